The third-order valence-corrected chi connectivity index (χ3v) is 3.57. The molecule has 0 saturated carbocycles. The predicted octanol–water partition coefficient (Wildman–Crippen LogP) is 1.81. The molecule has 1 heterocycles. The highest BCUT2D eigenvalue weighted by Crippen LogP contribution is 2.23. The highest BCUT2D eigenvalue weighted by atomic mass is 127. The van der Waals surface area contributed by atoms with Crippen LogP contribution in [0.25, 0.3) is 0 Å². The third kappa shape index (κ3) is 3.90. The molecule has 0 aromatic carbocycles. The lowest BCUT2D eigenvalue weighted by molar-refractivity contribution is -0.208. The van der Waals surface area contributed by atoms with E-state index in [0.29, 0.717) is 17.0 Å². The van der Waals surface area contributed by atoms with E-state index in [2.05, 4.69) is 22.6 Å². The Labute approximate surface area is 94.6 Å². The fraction of sp³-hybridized carbons (Fsp3) is 1.00. The molecule has 1 atom stereocenters. The van der Waals surface area contributed by atoms with Crippen LogP contribution >= 0.6 is 22.6 Å². The normalized spacial score (nSPS) is 23.8. The number of aliphatic hydroxyl groups excluding tert-OH is 1. The Hall–Kier alpha value is 0.440. The molecule has 0 amide bonds. The van der Waals surface area contributed by atoms with E-state index in [9.17, 15) is 13.2 Å². The summed E-state index contributed by atoms with van der Waals surface area (Å²) >= 11 is 2.31. The van der Waals surface area contributed by atoms with Crippen LogP contribution in [0.3, 0.4) is 0 Å². The van der Waals surface area contributed by atoms with Gasteiger partial charge in [-0.1, -0.05) is 22.6 Å². The number of rotatable bonds is 2. The summed E-state index contributed by atoms with van der Waals surface area (Å²) in [7, 11) is 0. The number of hydrogen-bond acceptors (Lipinski definition) is 2. The van der Waals surface area contributed by atoms with Crippen molar-refractivity contribution in [3.8, 4) is 0 Å². The summed E-state index contributed by atoms with van der Waals surface area (Å²) in [5.74, 6) is 0. The highest BCUT2D eigenvalue weighted by molar-refractivity contribution is 14.1. The van der Waals surface area contributed by atoms with Crippen molar-refractivity contribution < 1.29 is 18.3 Å². The molecule has 1 fully saturated rings. The van der Waals surface area contributed by atoms with E-state index in [0.717, 1.165) is 12.8 Å². The van der Waals surface area contributed by atoms with Crippen molar-refractivity contribution in [1.29, 1.82) is 0 Å². The van der Waals surface area contributed by atoms with Gasteiger partial charge >= 0.3 is 6.18 Å². The Kier molecular flexibility index (Phi) is 4.45. The number of β-amino-alcohol motifs (C(OH)–C–C–N with tert-alkyl or cyclic N) is 1. The largest absolute Gasteiger partial charge is 0.415 e. The molecule has 2 nitrogen and oxygen atoms in total. The standard InChI is InChI=1S/C8H13F3INO/c9-8(10,11)7(14)5-13-3-1-6(12)2-4-13/h6-7,14H,1-5H2. The fourth-order valence-electron chi connectivity index (χ4n) is 1.43. The van der Waals surface area contributed by atoms with Crippen molar-refractivity contribution >= 4 is 22.6 Å². The maximum Gasteiger partial charge on any atom is 0.415 e. The summed E-state index contributed by atoms with van der Waals surface area (Å²) in [6.07, 6.45) is -4.87. The lowest BCUT2D eigenvalue weighted by Gasteiger charge is -2.31. The Balaban J connectivity index is 2.31. The number of nitrogens with zero attached hydrogens (tertiary/aromatic N) is 1. The highest BCUT2D eigenvalue weighted by Gasteiger charge is 2.39. The molecule has 1 aliphatic rings. The van der Waals surface area contributed by atoms with Gasteiger partial charge < -0.3 is 10.0 Å². The van der Waals surface area contributed by atoms with Crippen LogP contribution in [0.5, 0.6) is 0 Å². The van der Waals surface area contributed by atoms with Crippen LogP contribution in [-0.2, 0) is 0 Å². The second-order valence-corrected chi connectivity index (χ2v) is 5.29. The number of likely N-dealkylation sites (tertiary alicyclic amines) is 1. The summed E-state index contributed by atoms with van der Waals surface area (Å²) in [5, 5.41) is 8.84. The van der Waals surface area contributed by atoms with E-state index in [4.69, 9.17) is 5.11 Å². The Morgan fingerprint density at radius 1 is 1.36 bits per heavy atom. The maximum atomic E-state index is 12.0. The van der Waals surface area contributed by atoms with E-state index in [1.54, 1.807) is 4.90 Å². The zero-order valence-corrected chi connectivity index (χ0v) is 9.75. The lowest BCUT2D eigenvalue weighted by atomic mass is 10.1. The number of halogens is 4. The van der Waals surface area contributed by atoms with Crippen molar-refractivity contribution in [3.05, 3.63) is 0 Å². The van der Waals surface area contributed by atoms with Crippen LogP contribution in [0.4, 0.5) is 13.2 Å². The predicted molar refractivity (Wildman–Crippen MR) is 55.5 cm³/mol. The third-order valence-electron chi connectivity index (χ3n) is 2.33. The second-order valence-electron chi connectivity index (χ2n) is 3.53. The van der Waals surface area contributed by atoms with E-state index in [-0.39, 0.29) is 6.54 Å². The van der Waals surface area contributed by atoms with Gasteiger partial charge in [-0.25, -0.2) is 0 Å². The smallest absolute Gasteiger partial charge is 0.382 e. The quantitative estimate of drug-likeness (QED) is 0.619. The van der Waals surface area contributed by atoms with Crippen LogP contribution in [-0.4, -0.2) is 45.8 Å². The summed E-state index contributed by atoms with van der Waals surface area (Å²) in [4.78, 5) is 1.67. The van der Waals surface area contributed by atoms with Crippen molar-refractivity contribution in [2.45, 2.75) is 29.0 Å². The van der Waals surface area contributed by atoms with E-state index in [1.807, 2.05) is 0 Å². The van der Waals surface area contributed by atoms with Gasteiger partial charge in [0, 0.05) is 10.5 Å². The first-order valence-electron chi connectivity index (χ1n) is 4.51. The molecule has 6 heteroatoms. The Bertz CT molecular complexity index is 180. The van der Waals surface area contributed by atoms with E-state index >= 15 is 0 Å². The minimum absolute atomic E-state index is 0.285. The van der Waals surface area contributed by atoms with Crippen LogP contribution in [0.15, 0.2) is 0 Å². The van der Waals surface area contributed by atoms with Gasteiger partial charge in [-0.05, 0) is 25.9 Å². The molecule has 84 valence electrons. The minimum atomic E-state index is -4.48. The van der Waals surface area contributed by atoms with E-state index < -0.39 is 12.3 Å². The van der Waals surface area contributed by atoms with Crippen molar-refractivity contribution in [3.63, 3.8) is 0 Å². The first kappa shape index (κ1) is 12.5. The maximum absolute atomic E-state index is 12.0. The van der Waals surface area contributed by atoms with Gasteiger partial charge in [-0.3, -0.25) is 0 Å². The van der Waals surface area contributed by atoms with E-state index in [1.165, 1.54) is 0 Å². The molecule has 0 bridgehead atoms. The molecule has 1 unspecified atom stereocenters. The van der Waals surface area contributed by atoms with Gasteiger partial charge in [-0.15, -0.1) is 0 Å². The number of piperidine rings is 1. The molecule has 1 rings (SSSR count). The monoisotopic (exact) mass is 323 g/mol. The molecule has 0 aromatic rings. The minimum Gasteiger partial charge on any atom is -0.382 e. The molecule has 0 spiro atoms. The summed E-state index contributed by atoms with van der Waals surface area (Å²) in [5.41, 5.74) is 0. The average Bonchev–Trinajstić information content (AvgIpc) is 2.07. The summed E-state index contributed by atoms with van der Waals surface area (Å²) < 4.78 is 36.6. The average molecular weight is 323 g/mol. The molecule has 1 saturated heterocycles. The molecule has 0 aliphatic carbocycles. The van der Waals surface area contributed by atoms with Crippen molar-refractivity contribution in [2.24, 2.45) is 0 Å². The molecular formula is C8H13F3INO. The summed E-state index contributed by atoms with van der Waals surface area (Å²) in [6.45, 7) is 1.02. The first-order valence-corrected chi connectivity index (χ1v) is 5.75. The molecule has 0 radical (unpaired) electrons. The van der Waals surface area contributed by atoms with Gasteiger partial charge in [0.05, 0.1) is 0 Å². The lowest BCUT2D eigenvalue weighted by Crippen LogP contribution is -2.44. The van der Waals surface area contributed by atoms with Gasteiger partial charge in [0.15, 0.2) is 6.10 Å². The van der Waals surface area contributed by atoms with Crippen molar-refractivity contribution in [1.82, 2.24) is 4.90 Å². The zero-order valence-electron chi connectivity index (χ0n) is 7.60. The van der Waals surface area contributed by atoms with Crippen LogP contribution in [0, 0.1) is 0 Å². The van der Waals surface area contributed by atoms with Crippen LogP contribution in [0.2, 0.25) is 0 Å². The number of hydrogen-bond donors (Lipinski definition) is 1. The molecule has 0 aromatic heterocycles. The molecule has 1 aliphatic heterocycles. The molecule has 1 N–H and O–H groups in total. The Morgan fingerprint density at radius 2 is 1.86 bits per heavy atom. The second kappa shape index (κ2) is 4.98. The fourth-order valence-corrected chi connectivity index (χ4v) is 1.99. The molecule has 14 heavy (non-hydrogen) atoms. The summed E-state index contributed by atoms with van der Waals surface area (Å²) in [6, 6.07) is 0. The Morgan fingerprint density at radius 3 is 2.29 bits per heavy atom. The number of alkyl halides is 4. The van der Waals surface area contributed by atoms with Crippen LogP contribution < -0.4 is 0 Å². The van der Waals surface area contributed by atoms with Gasteiger partial charge in [0.25, 0.3) is 0 Å². The SMILES string of the molecule is OC(CN1CCC(I)CC1)C(F)(F)F. The van der Waals surface area contributed by atoms with Crippen LogP contribution in [0.1, 0.15) is 12.8 Å². The zero-order chi connectivity index (χ0) is 10.8. The van der Waals surface area contributed by atoms with Gasteiger partial charge in [-0.2, -0.15) is 13.2 Å². The first-order chi connectivity index (χ1) is 6.39. The molecular weight excluding hydrogens is 310 g/mol. The number of aliphatic hydroxyl groups is 1. The topological polar surface area (TPSA) is 23.5 Å². The van der Waals surface area contributed by atoms with Crippen molar-refractivity contribution in [2.75, 3.05) is 19.6 Å². The van der Waals surface area contributed by atoms with Gasteiger partial charge in [0.2, 0.25) is 0 Å². The van der Waals surface area contributed by atoms with Gasteiger partial charge in [0.1, 0.15) is 0 Å².